The van der Waals surface area contributed by atoms with Gasteiger partial charge in [-0.2, -0.15) is 0 Å². The number of thiazole rings is 1. The van der Waals surface area contributed by atoms with Gasteiger partial charge < -0.3 is 5.73 Å². The minimum absolute atomic E-state index is 0.149. The number of nitrogens with zero attached hydrogens (tertiary/aromatic N) is 1. The first kappa shape index (κ1) is 13.3. The molecule has 5 heteroatoms. The molecule has 0 saturated heterocycles. The Hall–Kier alpha value is -1.13. The van der Waals surface area contributed by atoms with E-state index >= 15 is 0 Å². The van der Waals surface area contributed by atoms with E-state index < -0.39 is 0 Å². The Bertz CT molecular complexity index is 566. The van der Waals surface area contributed by atoms with Gasteiger partial charge in [-0.25, -0.2) is 9.37 Å². The summed E-state index contributed by atoms with van der Waals surface area (Å²) in [6, 6.07) is 5.03. The number of anilines is 1. The maximum atomic E-state index is 13.8. The van der Waals surface area contributed by atoms with Gasteiger partial charge in [0.25, 0.3) is 0 Å². The first-order chi connectivity index (χ1) is 8.49. The van der Waals surface area contributed by atoms with E-state index in [-0.39, 0.29) is 16.8 Å². The van der Waals surface area contributed by atoms with Crippen LogP contribution >= 0.6 is 22.9 Å². The molecule has 0 aliphatic rings. The van der Waals surface area contributed by atoms with Gasteiger partial charge in [0.1, 0.15) is 5.82 Å². The molecule has 0 amide bonds. The minimum Gasteiger partial charge on any atom is -0.375 e. The van der Waals surface area contributed by atoms with Gasteiger partial charge in [0.2, 0.25) is 0 Å². The van der Waals surface area contributed by atoms with Crippen LogP contribution in [0.15, 0.2) is 18.2 Å². The third kappa shape index (κ3) is 2.65. The molecule has 0 atom stereocenters. The lowest BCUT2D eigenvalue weighted by Gasteiger charge is -2.06. The summed E-state index contributed by atoms with van der Waals surface area (Å²) >= 11 is 7.18. The van der Waals surface area contributed by atoms with Crippen molar-refractivity contribution in [3.05, 3.63) is 45.2 Å². The molecule has 0 unspecified atom stereocenters. The second-order valence-electron chi connectivity index (χ2n) is 4.40. The smallest absolute Gasteiger partial charge is 0.180 e. The van der Waals surface area contributed by atoms with Crippen LogP contribution in [0.4, 0.5) is 9.52 Å². The van der Waals surface area contributed by atoms with Crippen molar-refractivity contribution >= 4 is 28.1 Å². The molecule has 0 aliphatic heterocycles. The fourth-order valence-electron chi connectivity index (χ4n) is 1.82. The van der Waals surface area contributed by atoms with Gasteiger partial charge in [0, 0.05) is 11.3 Å². The zero-order valence-corrected chi connectivity index (χ0v) is 11.8. The van der Waals surface area contributed by atoms with Crippen molar-refractivity contribution in [2.24, 2.45) is 0 Å². The van der Waals surface area contributed by atoms with Crippen LogP contribution in [-0.2, 0) is 6.42 Å². The molecule has 1 heterocycles. The van der Waals surface area contributed by atoms with E-state index in [1.807, 2.05) is 13.8 Å². The van der Waals surface area contributed by atoms with Crippen LogP contribution in [0.1, 0.15) is 35.9 Å². The molecule has 2 aromatic rings. The number of hydrogen-bond acceptors (Lipinski definition) is 3. The minimum atomic E-state index is -0.360. The van der Waals surface area contributed by atoms with Crippen LogP contribution in [0.3, 0.4) is 0 Å². The summed E-state index contributed by atoms with van der Waals surface area (Å²) < 4.78 is 13.8. The fourth-order valence-corrected chi connectivity index (χ4v) is 3.02. The molecule has 96 valence electrons. The summed E-state index contributed by atoms with van der Waals surface area (Å²) in [7, 11) is 0. The molecule has 1 aromatic heterocycles. The Kier molecular flexibility index (Phi) is 3.88. The van der Waals surface area contributed by atoms with E-state index in [0.29, 0.717) is 17.1 Å². The van der Waals surface area contributed by atoms with Crippen LogP contribution in [0.2, 0.25) is 5.02 Å². The van der Waals surface area contributed by atoms with Gasteiger partial charge in [0.05, 0.1) is 10.7 Å². The SMILES string of the molecule is CC(C)c1nc(N)sc1Cc1cccc(Cl)c1F. The Labute approximate surface area is 115 Å². The molecule has 0 aliphatic carbocycles. The van der Waals surface area contributed by atoms with Crippen molar-refractivity contribution in [3.8, 4) is 0 Å². The van der Waals surface area contributed by atoms with Crippen molar-refractivity contribution in [1.29, 1.82) is 0 Å². The average molecular weight is 285 g/mol. The summed E-state index contributed by atoms with van der Waals surface area (Å²) in [5.41, 5.74) is 7.24. The summed E-state index contributed by atoms with van der Waals surface area (Å²) in [5.74, 6) is -0.0864. The van der Waals surface area contributed by atoms with Gasteiger partial charge in [0.15, 0.2) is 5.13 Å². The maximum Gasteiger partial charge on any atom is 0.180 e. The van der Waals surface area contributed by atoms with Crippen molar-refractivity contribution in [2.75, 3.05) is 5.73 Å². The van der Waals surface area contributed by atoms with Gasteiger partial charge in [-0.3, -0.25) is 0 Å². The quantitative estimate of drug-likeness (QED) is 0.916. The fraction of sp³-hybridized carbons (Fsp3) is 0.308. The largest absolute Gasteiger partial charge is 0.375 e. The van der Waals surface area contributed by atoms with Crippen LogP contribution in [0.25, 0.3) is 0 Å². The van der Waals surface area contributed by atoms with Crippen LogP contribution in [0, 0.1) is 5.82 Å². The number of halogens is 2. The van der Waals surface area contributed by atoms with E-state index in [1.54, 1.807) is 18.2 Å². The van der Waals surface area contributed by atoms with Crippen molar-refractivity contribution in [3.63, 3.8) is 0 Å². The highest BCUT2D eigenvalue weighted by molar-refractivity contribution is 7.15. The topological polar surface area (TPSA) is 38.9 Å². The van der Waals surface area contributed by atoms with Gasteiger partial charge >= 0.3 is 0 Å². The summed E-state index contributed by atoms with van der Waals surface area (Å²) in [4.78, 5) is 5.30. The lowest BCUT2D eigenvalue weighted by molar-refractivity contribution is 0.614. The van der Waals surface area contributed by atoms with E-state index in [4.69, 9.17) is 17.3 Å². The van der Waals surface area contributed by atoms with E-state index in [2.05, 4.69) is 4.98 Å². The molecule has 1 aromatic carbocycles. The van der Waals surface area contributed by atoms with Crippen LogP contribution < -0.4 is 5.73 Å². The number of rotatable bonds is 3. The molecule has 18 heavy (non-hydrogen) atoms. The van der Waals surface area contributed by atoms with E-state index in [1.165, 1.54) is 11.3 Å². The maximum absolute atomic E-state index is 13.8. The molecule has 0 fully saturated rings. The molecule has 2 nitrogen and oxygen atoms in total. The number of benzene rings is 1. The molecule has 0 saturated carbocycles. The van der Waals surface area contributed by atoms with Gasteiger partial charge in [-0.15, -0.1) is 11.3 Å². The average Bonchev–Trinajstić information content (AvgIpc) is 2.66. The predicted molar refractivity (Wildman–Crippen MR) is 74.8 cm³/mol. The lowest BCUT2D eigenvalue weighted by atomic mass is 10.0. The van der Waals surface area contributed by atoms with Crippen molar-refractivity contribution in [2.45, 2.75) is 26.2 Å². The standard InChI is InChI=1S/C13H14ClFN2S/c1-7(2)12-10(18-13(16)17-12)6-8-4-3-5-9(14)11(8)15/h3-5,7H,6H2,1-2H3,(H2,16,17). The third-order valence-corrected chi connectivity index (χ3v) is 3.87. The second kappa shape index (κ2) is 5.24. The third-order valence-electron chi connectivity index (χ3n) is 2.67. The predicted octanol–water partition coefficient (Wildman–Crippen LogP) is 4.23. The van der Waals surface area contributed by atoms with E-state index in [0.717, 1.165) is 10.6 Å². The Morgan fingerprint density at radius 1 is 1.44 bits per heavy atom. The second-order valence-corrected chi connectivity index (χ2v) is 5.93. The van der Waals surface area contributed by atoms with Crippen LogP contribution in [-0.4, -0.2) is 4.98 Å². The summed E-state index contributed by atoms with van der Waals surface area (Å²) in [5, 5.41) is 0.673. The Morgan fingerprint density at radius 3 is 2.83 bits per heavy atom. The van der Waals surface area contributed by atoms with Gasteiger partial charge in [-0.1, -0.05) is 37.6 Å². The van der Waals surface area contributed by atoms with E-state index in [9.17, 15) is 4.39 Å². The first-order valence-electron chi connectivity index (χ1n) is 5.67. The van der Waals surface area contributed by atoms with Crippen molar-refractivity contribution < 1.29 is 4.39 Å². The van der Waals surface area contributed by atoms with Gasteiger partial charge in [-0.05, 0) is 17.5 Å². The number of aromatic nitrogens is 1. The van der Waals surface area contributed by atoms with Crippen LogP contribution in [0.5, 0.6) is 0 Å². The summed E-state index contributed by atoms with van der Waals surface area (Å²) in [6.45, 7) is 4.10. The molecular weight excluding hydrogens is 271 g/mol. The monoisotopic (exact) mass is 284 g/mol. The Morgan fingerprint density at radius 2 is 2.17 bits per heavy atom. The zero-order valence-electron chi connectivity index (χ0n) is 10.2. The molecular formula is C13H14ClFN2S. The molecule has 2 rings (SSSR count). The zero-order chi connectivity index (χ0) is 13.3. The molecule has 2 N–H and O–H groups in total. The van der Waals surface area contributed by atoms with Crippen molar-refractivity contribution in [1.82, 2.24) is 4.98 Å². The Balaban J connectivity index is 2.37. The number of nitrogen functional groups attached to an aromatic ring is 1. The summed E-state index contributed by atoms with van der Waals surface area (Å²) in [6.07, 6.45) is 0.481. The highest BCUT2D eigenvalue weighted by Crippen LogP contribution is 2.30. The molecule has 0 radical (unpaired) electrons. The highest BCUT2D eigenvalue weighted by atomic mass is 35.5. The number of nitrogens with two attached hydrogens (primary N) is 1. The first-order valence-corrected chi connectivity index (χ1v) is 6.86. The number of hydrogen-bond donors (Lipinski definition) is 1. The molecule has 0 bridgehead atoms. The highest BCUT2D eigenvalue weighted by Gasteiger charge is 2.15. The lowest BCUT2D eigenvalue weighted by Crippen LogP contribution is -1.97. The molecule has 0 spiro atoms. The normalized spacial score (nSPS) is 11.2.